The van der Waals surface area contributed by atoms with Crippen LogP contribution in [0.3, 0.4) is 0 Å². The Morgan fingerprint density at radius 3 is 2.21 bits per heavy atom. The Hall–Kier alpha value is -2.45. The molecule has 0 bridgehead atoms. The van der Waals surface area contributed by atoms with Gasteiger partial charge in [-0.2, -0.15) is 12.7 Å². The molecule has 1 N–H and O–H groups in total. The van der Waals surface area contributed by atoms with Crippen LogP contribution in [0, 0.1) is 19.7 Å². The molecule has 0 aliphatic heterocycles. The van der Waals surface area contributed by atoms with E-state index in [1.54, 1.807) is 0 Å². The zero-order chi connectivity index (χ0) is 21.1. The molecule has 6 nitrogen and oxygen atoms in total. The Bertz CT molecular complexity index is 944. The van der Waals surface area contributed by atoms with Crippen molar-refractivity contribution in [3.05, 3.63) is 65.0 Å². The van der Waals surface area contributed by atoms with Crippen molar-refractivity contribution in [2.45, 2.75) is 26.8 Å². The largest absolute Gasteiger partial charge is 0.348 e. The molecule has 152 valence electrons. The van der Waals surface area contributed by atoms with Crippen LogP contribution in [0.2, 0.25) is 0 Å². The molecule has 0 fully saturated rings. The lowest BCUT2D eigenvalue weighted by atomic mass is 10.0. The second kappa shape index (κ2) is 8.70. The molecule has 1 amide bonds. The molecule has 28 heavy (non-hydrogen) atoms. The van der Waals surface area contributed by atoms with Gasteiger partial charge in [-0.3, -0.25) is 4.79 Å². The molecular formula is C20H26FN3O3S. The van der Waals surface area contributed by atoms with Crippen molar-refractivity contribution >= 4 is 21.8 Å². The summed E-state index contributed by atoms with van der Waals surface area (Å²) in [6, 6.07) is 10.6. The number of hydrogen-bond donors (Lipinski definition) is 1. The molecule has 2 aromatic rings. The summed E-state index contributed by atoms with van der Waals surface area (Å²) in [6.07, 6.45) is 0. The fourth-order valence-electron chi connectivity index (χ4n) is 2.65. The number of benzene rings is 2. The highest BCUT2D eigenvalue weighted by atomic mass is 32.2. The van der Waals surface area contributed by atoms with Crippen molar-refractivity contribution in [2.24, 2.45) is 0 Å². The average molecular weight is 408 g/mol. The third-order valence-electron chi connectivity index (χ3n) is 4.55. The number of anilines is 1. The van der Waals surface area contributed by atoms with Crippen LogP contribution in [0.15, 0.2) is 42.5 Å². The van der Waals surface area contributed by atoms with Crippen LogP contribution in [0.4, 0.5) is 10.1 Å². The molecule has 1 atom stereocenters. The molecule has 0 saturated heterocycles. The van der Waals surface area contributed by atoms with Gasteiger partial charge < -0.3 is 5.32 Å². The Labute approximate surface area is 166 Å². The van der Waals surface area contributed by atoms with Gasteiger partial charge in [0.25, 0.3) is 0 Å². The first-order chi connectivity index (χ1) is 13.0. The number of aryl methyl sites for hydroxylation is 2. The lowest BCUT2D eigenvalue weighted by Gasteiger charge is -2.27. The number of halogens is 1. The second-order valence-corrected chi connectivity index (χ2v) is 8.97. The highest BCUT2D eigenvalue weighted by Crippen LogP contribution is 2.21. The Morgan fingerprint density at radius 1 is 1.07 bits per heavy atom. The third kappa shape index (κ3) is 5.08. The van der Waals surface area contributed by atoms with Crippen LogP contribution < -0.4 is 9.62 Å². The summed E-state index contributed by atoms with van der Waals surface area (Å²) >= 11 is 0. The predicted molar refractivity (Wildman–Crippen MR) is 109 cm³/mol. The number of hydrogen-bond acceptors (Lipinski definition) is 3. The van der Waals surface area contributed by atoms with E-state index in [-0.39, 0.29) is 11.7 Å². The van der Waals surface area contributed by atoms with E-state index in [4.69, 9.17) is 0 Å². The van der Waals surface area contributed by atoms with Crippen LogP contribution in [0.5, 0.6) is 0 Å². The van der Waals surface area contributed by atoms with E-state index in [2.05, 4.69) is 5.32 Å². The lowest BCUT2D eigenvalue weighted by molar-refractivity contribution is -0.120. The molecule has 0 heterocycles. The molecule has 0 saturated carbocycles. The number of nitrogens with one attached hydrogen (secondary N) is 1. The lowest BCUT2D eigenvalue weighted by Crippen LogP contribution is -2.46. The van der Waals surface area contributed by atoms with Crippen molar-refractivity contribution in [1.29, 1.82) is 0 Å². The van der Waals surface area contributed by atoms with Crippen molar-refractivity contribution < 1.29 is 17.6 Å². The van der Waals surface area contributed by atoms with E-state index in [1.807, 2.05) is 39.0 Å². The maximum absolute atomic E-state index is 13.2. The minimum atomic E-state index is -3.93. The van der Waals surface area contributed by atoms with Crippen LogP contribution in [-0.2, 0) is 15.0 Å². The fourth-order valence-corrected chi connectivity index (χ4v) is 3.71. The first-order valence-electron chi connectivity index (χ1n) is 8.84. The molecule has 8 heteroatoms. The number of amides is 1. The molecule has 0 unspecified atom stereocenters. The van der Waals surface area contributed by atoms with Crippen molar-refractivity contribution in [1.82, 2.24) is 9.62 Å². The zero-order valence-corrected chi connectivity index (χ0v) is 17.5. The summed E-state index contributed by atoms with van der Waals surface area (Å²) in [5.41, 5.74) is 3.41. The average Bonchev–Trinajstić information content (AvgIpc) is 2.62. The summed E-state index contributed by atoms with van der Waals surface area (Å²) < 4.78 is 40.5. The van der Waals surface area contributed by atoms with Gasteiger partial charge in [-0.15, -0.1) is 0 Å². The minimum absolute atomic E-state index is 0.212. The van der Waals surface area contributed by atoms with Crippen LogP contribution in [0.1, 0.15) is 29.7 Å². The number of rotatable bonds is 7. The summed E-state index contributed by atoms with van der Waals surface area (Å²) in [5.74, 6) is -0.945. The smallest absolute Gasteiger partial charge is 0.304 e. The van der Waals surface area contributed by atoms with E-state index in [0.29, 0.717) is 0 Å². The maximum atomic E-state index is 13.2. The Morgan fingerprint density at radius 2 is 1.68 bits per heavy atom. The van der Waals surface area contributed by atoms with Crippen molar-refractivity contribution in [2.75, 3.05) is 24.9 Å². The second-order valence-electron chi connectivity index (χ2n) is 6.91. The van der Waals surface area contributed by atoms with E-state index in [0.717, 1.165) is 37.4 Å². The highest BCUT2D eigenvalue weighted by molar-refractivity contribution is 7.90. The fraction of sp³-hybridized carbons (Fsp3) is 0.350. The molecule has 0 aromatic heterocycles. The molecule has 2 rings (SSSR count). The van der Waals surface area contributed by atoms with Gasteiger partial charge in [0.05, 0.1) is 11.7 Å². The SMILES string of the molecule is Cc1ccc([C@H](C)NC(=O)CN(c2ccc(F)cc2)S(=O)(=O)N(C)C)cc1C. The summed E-state index contributed by atoms with van der Waals surface area (Å²) in [6.45, 7) is 5.42. The van der Waals surface area contributed by atoms with Gasteiger partial charge in [0.2, 0.25) is 5.91 Å². The molecule has 0 aliphatic carbocycles. The first kappa shape index (κ1) is 21.8. The van der Waals surface area contributed by atoms with Gasteiger partial charge in [-0.1, -0.05) is 18.2 Å². The maximum Gasteiger partial charge on any atom is 0.304 e. The monoisotopic (exact) mass is 407 g/mol. The number of carbonyl (C=O) groups excluding carboxylic acids is 1. The van der Waals surface area contributed by atoms with Gasteiger partial charge in [0.1, 0.15) is 12.4 Å². The Kier molecular flexibility index (Phi) is 6.79. The molecule has 0 spiro atoms. The first-order valence-corrected chi connectivity index (χ1v) is 10.2. The van der Waals surface area contributed by atoms with E-state index >= 15 is 0 Å². The van der Waals surface area contributed by atoms with Gasteiger partial charge >= 0.3 is 10.2 Å². The van der Waals surface area contributed by atoms with Crippen LogP contribution in [0.25, 0.3) is 0 Å². The summed E-state index contributed by atoms with van der Waals surface area (Å²) in [4.78, 5) is 12.6. The van der Waals surface area contributed by atoms with Crippen molar-refractivity contribution in [3.8, 4) is 0 Å². The minimum Gasteiger partial charge on any atom is -0.348 e. The normalized spacial score (nSPS) is 12.7. The van der Waals surface area contributed by atoms with E-state index in [9.17, 15) is 17.6 Å². The topological polar surface area (TPSA) is 69.7 Å². The zero-order valence-electron chi connectivity index (χ0n) is 16.7. The third-order valence-corrected chi connectivity index (χ3v) is 6.37. The highest BCUT2D eigenvalue weighted by Gasteiger charge is 2.27. The molecule has 2 aromatic carbocycles. The van der Waals surface area contributed by atoms with Crippen LogP contribution in [-0.4, -0.2) is 39.3 Å². The predicted octanol–water partition coefficient (Wildman–Crippen LogP) is 2.93. The van der Waals surface area contributed by atoms with E-state index < -0.39 is 28.5 Å². The number of nitrogens with zero attached hydrogens (tertiary/aromatic N) is 2. The molecule has 0 radical (unpaired) electrons. The van der Waals surface area contributed by atoms with Gasteiger partial charge in [0, 0.05) is 14.1 Å². The number of carbonyl (C=O) groups is 1. The van der Waals surface area contributed by atoms with E-state index in [1.165, 1.54) is 26.2 Å². The van der Waals surface area contributed by atoms with Gasteiger partial charge in [-0.05, 0) is 61.7 Å². The quantitative estimate of drug-likeness (QED) is 0.767. The standard InChI is InChI=1S/C20H26FN3O3S/c1-14-6-7-17(12-15(14)2)16(3)22-20(25)13-24(28(26,27)23(4)5)19-10-8-18(21)9-11-19/h6-12,16H,13H2,1-5H3,(H,22,25)/t16-/m0/s1. The van der Waals surface area contributed by atoms with Gasteiger partial charge in [-0.25, -0.2) is 8.70 Å². The Balaban J connectivity index is 2.22. The molecular weight excluding hydrogens is 381 g/mol. The summed E-state index contributed by atoms with van der Waals surface area (Å²) in [5, 5.41) is 2.83. The van der Waals surface area contributed by atoms with Gasteiger partial charge in [0.15, 0.2) is 0 Å². The van der Waals surface area contributed by atoms with Crippen LogP contribution >= 0.6 is 0 Å². The molecule has 0 aliphatic rings. The summed E-state index contributed by atoms with van der Waals surface area (Å²) in [7, 11) is -1.18. The van der Waals surface area contributed by atoms with Crippen molar-refractivity contribution in [3.63, 3.8) is 0 Å².